The van der Waals surface area contributed by atoms with Crippen LogP contribution in [0.5, 0.6) is 0 Å². The summed E-state index contributed by atoms with van der Waals surface area (Å²) in [7, 11) is 0. The fraction of sp³-hybridized carbons (Fsp3) is 1.00. The first-order valence-corrected chi connectivity index (χ1v) is 6.29. The first kappa shape index (κ1) is 11.4. The molecule has 3 atom stereocenters. The SMILES string of the molecule is NCC1CCCCC1OCC1CCOC1. The smallest absolute Gasteiger partial charge is 0.0615 e. The van der Waals surface area contributed by atoms with E-state index in [2.05, 4.69) is 0 Å². The van der Waals surface area contributed by atoms with Crippen molar-refractivity contribution in [1.29, 1.82) is 0 Å². The quantitative estimate of drug-likeness (QED) is 0.770. The number of ether oxygens (including phenoxy) is 2. The molecule has 3 nitrogen and oxygen atoms in total. The zero-order valence-corrected chi connectivity index (χ0v) is 9.49. The van der Waals surface area contributed by atoms with E-state index in [1.807, 2.05) is 0 Å². The van der Waals surface area contributed by atoms with Gasteiger partial charge in [0, 0.05) is 12.5 Å². The molecule has 2 N–H and O–H groups in total. The van der Waals surface area contributed by atoms with Crippen molar-refractivity contribution >= 4 is 0 Å². The Hall–Kier alpha value is -0.120. The van der Waals surface area contributed by atoms with Gasteiger partial charge in [0.2, 0.25) is 0 Å². The first-order chi connectivity index (χ1) is 7.40. The van der Waals surface area contributed by atoms with Gasteiger partial charge < -0.3 is 15.2 Å². The van der Waals surface area contributed by atoms with Gasteiger partial charge in [0.1, 0.15) is 0 Å². The van der Waals surface area contributed by atoms with E-state index < -0.39 is 0 Å². The van der Waals surface area contributed by atoms with Crippen LogP contribution in [0.15, 0.2) is 0 Å². The molecule has 15 heavy (non-hydrogen) atoms. The third-order valence-electron chi connectivity index (χ3n) is 3.71. The van der Waals surface area contributed by atoms with E-state index in [1.54, 1.807) is 0 Å². The molecule has 1 aliphatic heterocycles. The van der Waals surface area contributed by atoms with Crippen LogP contribution in [0.1, 0.15) is 32.1 Å². The first-order valence-electron chi connectivity index (χ1n) is 6.29. The van der Waals surface area contributed by atoms with Gasteiger partial charge in [0.15, 0.2) is 0 Å². The van der Waals surface area contributed by atoms with Crippen LogP contribution < -0.4 is 5.73 Å². The molecule has 0 spiro atoms. The minimum absolute atomic E-state index is 0.421. The second-order valence-corrected chi connectivity index (χ2v) is 4.88. The summed E-state index contributed by atoms with van der Waals surface area (Å²) in [6, 6.07) is 0. The van der Waals surface area contributed by atoms with Crippen LogP contribution in [0.3, 0.4) is 0 Å². The summed E-state index contributed by atoms with van der Waals surface area (Å²) in [5, 5.41) is 0. The fourth-order valence-corrected chi connectivity index (χ4v) is 2.64. The van der Waals surface area contributed by atoms with E-state index >= 15 is 0 Å². The van der Waals surface area contributed by atoms with Crippen molar-refractivity contribution < 1.29 is 9.47 Å². The highest BCUT2D eigenvalue weighted by Gasteiger charge is 2.26. The summed E-state index contributed by atoms with van der Waals surface area (Å²) >= 11 is 0. The Morgan fingerprint density at radius 3 is 2.80 bits per heavy atom. The van der Waals surface area contributed by atoms with Gasteiger partial charge in [-0.2, -0.15) is 0 Å². The Balaban J connectivity index is 1.71. The van der Waals surface area contributed by atoms with E-state index in [-0.39, 0.29) is 0 Å². The molecular formula is C12H23NO2. The number of hydrogen-bond acceptors (Lipinski definition) is 3. The molecular weight excluding hydrogens is 190 g/mol. The van der Waals surface area contributed by atoms with Crippen LogP contribution in [-0.2, 0) is 9.47 Å². The third-order valence-corrected chi connectivity index (χ3v) is 3.71. The lowest BCUT2D eigenvalue weighted by Gasteiger charge is -2.31. The average molecular weight is 213 g/mol. The van der Waals surface area contributed by atoms with Crippen molar-refractivity contribution in [2.75, 3.05) is 26.4 Å². The Morgan fingerprint density at radius 1 is 1.20 bits per heavy atom. The van der Waals surface area contributed by atoms with Gasteiger partial charge in [-0.15, -0.1) is 0 Å². The maximum absolute atomic E-state index is 6.01. The van der Waals surface area contributed by atoms with E-state index in [0.717, 1.165) is 26.4 Å². The molecule has 2 aliphatic rings. The van der Waals surface area contributed by atoms with Gasteiger partial charge in [0.05, 0.1) is 19.3 Å². The minimum Gasteiger partial charge on any atom is -0.381 e. The lowest BCUT2D eigenvalue weighted by Crippen LogP contribution is -2.34. The lowest BCUT2D eigenvalue weighted by molar-refractivity contribution is -0.0252. The summed E-state index contributed by atoms with van der Waals surface area (Å²) in [6.07, 6.45) is 6.68. The molecule has 0 aromatic heterocycles. The lowest BCUT2D eigenvalue weighted by atomic mass is 9.86. The largest absolute Gasteiger partial charge is 0.381 e. The summed E-state index contributed by atoms with van der Waals surface area (Å²) in [4.78, 5) is 0. The summed E-state index contributed by atoms with van der Waals surface area (Å²) in [5.74, 6) is 1.23. The number of hydrogen-bond donors (Lipinski definition) is 1. The Morgan fingerprint density at radius 2 is 2.07 bits per heavy atom. The Kier molecular flexibility index (Phi) is 4.42. The maximum atomic E-state index is 6.01. The topological polar surface area (TPSA) is 44.5 Å². The maximum Gasteiger partial charge on any atom is 0.0615 e. The summed E-state index contributed by atoms with van der Waals surface area (Å²) in [6.45, 7) is 3.46. The van der Waals surface area contributed by atoms with Crippen LogP contribution in [0.25, 0.3) is 0 Å². The molecule has 0 radical (unpaired) electrons. The molecule has 0 bridgehead atoms. The standard InChI is InChI=1S/C12H23NO2/c13-7-11-3-1-2-4-12(11)15-9-10-5-6-14-8-10/h10-12H,1-9,13H2. The van der Waals surface area contributed by atoms with E-state index in [0.29, 0.717) is 17.9 Å². The molecule has 1 aliphatic carbocycles. The van der Waals surface area contributed by atoms with Gasteiger partial charge in [-0.1, -0.05) is 12.8 Å². The van der Waals surface area contributed by atoms with Crippen molar-refractivity contribution in [2.24, 2.45) is 17.6 Å². The third kappa shape index (κ3) is 3.16. The number of rotatable bonds is 4. The molecule has 0 amide bonds. The normalized spacial score (nSPS) is 37.0. The minimum atomic E-state index is 0.421. The Labute approximate surface area is 92.3 Å². The highest BCUT2D eigenvalue weighted by molar-refractivity contribution is 4.77. The summed E-state index contributed by atoms with van der Waals surface area (Å²) in [5.41, 5.74) is 5.77. The second kappa shape index (κ2) is 5.83. The molecule has 3 unspecified atom stereocenters. The predicted octanol–water partition coefficient (Wildman–Crippen LogP) is 1.56. The molecule has 0 aromatic carbocycles. The van der Waals surface area contributed by atoms with Crippen LogP contribution in [0.2, 0.25) is 0 Å². The molecule has 2 rings (SSSR count). The van der Waals surface area contributed by atoms with Gasteiger partial charge in [0.25, 0.3) is 0 Å². The second-order valence-electron chi connectivity index (χ2n) is 4.88. The average Bonchev–Trinajstić information content (AvgIpc) is 2.79. The molecule has 0 aromatic rings. The van der Waals surface area contributed by atoms with Crippen molar-refractivity contribution in [1.82, 2.24) is 0 Å². The highest BCUT2D eigenvalue weighted by atomic mass is 16.5. The van der Waals surface area contributed by atoms with Crippen LogP contribution in [0.4, 0.5) is 0 Å². The van der Waals surface area contributed by atoms with Gasteiger partial charge in [-0.25, -0.2) is 0 Å². The molecule has 1 saturated carbocycles. The van der Waals surface area contributed by atoms with Gasteiger partial charge in [-0.3, -0.25) is 0 Å². The Bertz CT molecular complexity index is 180. The van der Waals surface area contributed by atoms with E-state index in [1.165, 1.54) is 32.1 Å². The predicted molar refractivity (Wildman–Crippen MR) is 59.7 cm³/mol. The molecule has 1 saturated heterocycles. The molecule has 88 valence electrons. The fourth-order valence-electron chi connectivity index (χ4n) is 2.64. The van der Waals surface area contributed by atoms with Gasteiger partial charge in [-0.05, 0) is 31.7 Å². The molecule has 1 heterocycles. The zero-order chi connectivity index (χ0) is 10.5. The van der Waals surface area contributed by atoms with Crippen LogP contribution >= 0.6 is 0 Å². The van der Waals surface area contributed by atoms with Crippen molar-refractivity contribution in [3.63, 3.8) is 0 Å². The van der Waals surface area contributed by atoms with E-state index in [9.17, 15) is 0 Å². The monoisotopic (exact) mass is 213 g/mol. The highest BCUT2D eigenvalue weighted by Crippen LogP contribution is 2.27. The molecule has 2 fully saturated rings. The van der Waals surface area contributed by atoms with Crippen molar-refractivity contribution in [2.45, 2.75) is 38.2 Å². The summed E-state index contributed by atoms with van der Waals surface area (Å²) < 4.78 is 11.4. The van der Waals surface area contributed by atoms with Crippen molar-refractivity contribution in [3.8, 4) is 0 Å². The van der Waals surface area contributed by atoms with Crippen LogP contribution in [-0.4, -0.2) is 32.5 Å². The van der Waals surface area contributed by atoms with Crippen LogP contribution in [0, 0.1) is 11.8 Å². The van der Waals surface area contributed by atoms with Gasteiger partial charge >= 0.3 is 0 Å². The molecule has 3 heteroatoms. The zero-order valence-electron chi connectivity index (χ0n) is 9.49. The number of nitrogens with two attached hydrogens (primary N) is 1. The van der Waals surface area contributed by atoms with E-state index in [4.69, 9.17) is 15.2 Å². The van der Waals surface area contributed by atoms with Crippen molar-refractivity contribution in [3.05, 3.63) is 0 Å².